The van der Waals surface area contributed by atoms with Crippen molar-refractivity contribution < 1.29 is 9.59 Å². The van der Waals surface area contributed by atoms with E-state index in [1.54, 1.807) is 20.0 Å². The molecule has 1 unspecified atom stereocenters. The minimum atomic E-state index is -0.502. The summed E-state index contributed by atoms with van der Waals surface area (Å²) in [6.45, 7) is 2.56. The van der Waals surface area contributed by atoms with E-state index in [1.807, 2.05) is 5.38 Å². The van der Waals surface area contributed by atoms with Crippen LogP contribution in [0.2, 0.25) is 0 Å². The quantitative estimate of drug-likeness (QED) is 0.667. The minimum Gasteiger partial charge on any atom is -0.336 e. The van der Waals surface area contributed by atoms with Gasteiger partial charge >= 0.3 is 6.03 Å². The van der Waals surface area contributed by atoms with E-state index in [-0.39, 0.29) is 17.5 Å². The number of rotatable bonds is 3. The van der Waals surface area contributed by atoms with Crippen LogP contribution in [-0.2, 0) is 11.8 Å². The molecule has 116 valence electrons. The van der Waals surface area contributed by atoms with Crippen molar-refractivity contribution in [1.29, 1.82) is 0 Å². The second-order valence-electron chi connectivity index (χ2n) is 4.88. The van der Waals surface area contributed by atoms with E-state index in [9.17, 15) is 14.4 Å². The van der Waals surface area contributed by atoms with Gasteiger partial charge in [0.25, 0.3) is 5.56 Å². The van der Waals surface area contributed by atoms with E-state index in [4.69, 9.17) is 0 Å². The first kappa shape index (κ1) is 15.0. The van der Waals surface area contributed by atoms with Crippen LogP contribution in [0.5, 0.6) is 0 Å². The number of imide groups is 1. The summed E-state index contributed by atoms with van der Waals surface area (Å²) in [5.41, 5.74) is 0.509. The van der Waals surface area contributed by atoms with Crippen LogP contribution in [-0.4, -0.2) is 44.7 Å². The predicted octanol–water partition coefficient (Wildman–Crippen LogP) is 1.03. The van der Waals surface area contributed by atoms with Crippen molar-refractivity contribution in [2.24, 2.45) is 7.05 Å². The summed E-state index contributed by atoms with van der Waals surface area (Å²) >= 11 is 2.53. The molecule has 9 heteroatoms. The van der Waals surface area contributed by atoms with Gasteiger partial charge in [0.2, 0.25) is 5.91 Å². The molecule has 1 fully saturated rings. The fourth-order valence-corrected chi connectivity index (χ4v) is 3.92. The SMILES string of the molecule is CC(Sc1nc2ccsc2c(=O)n1C)C(=O)N1CCNC1=O. The van der Waals surface area contributed by atoms with Gasteiger partial charge in [0, 0.05) is 20.1 Å². The van der Waals surface area contributed by atoms with Gasteiger partial charge in [0.05, 0.1) is 10.8 Å². The molecule has 3 heterocycles. The van der Waals surface area contributed by atoms with E-state index in [0.29, 0.717) is 28.5 Å². The lowest BCUT2D eigenvalue weighted by molar-refractivity contribution is -0.126. The Hall–Kier alpha value is -1.87. The zero-order valence-corrected chi connectivity index (χ0v) is 13.7. The van der Waals surface area contributed by atoms with Crippen molar-refractivity contribution >= 4 is 45.3 Å². The highest BCUT2D eigenvalue weighted by Gasteiger charge is 2.30. The second kappa shape index (κ2) is 5.73. The van der Waals surface area contributed by atoms with Crippen LogP contribution in [0.4, 0.5) is 4.79 Å². The Balaban J connectivity index is 1.86. The first-order valence-corrected chi connectivity index (χ1v) is 8.45. The molecule has 1 aliphatic heterocycles. The predicted molar refractivity (Wildman–Crippen MR) is 85.3 cm³/mol. The number of thiophene rings is 1. The number of nitrogens with zero attached hydrogens (tertiary/aromatic N) is 3. The molecule has 1 aliphatic rings. The number of amides is 3. The molecular weight excluding hydrogens is 324 g/mol. The maximum atomic E-state index is 12.3. The highest BCUT2D eigenvalue weighted by Crippen LogP contribution is 2.25. The number of urea groups is 1. The van der Waals surface area contributed by atoms with Crippen molar-refractivity contribution in [2.45, 2.75) is 17.3 Å². The molecule has 0 saturated carbocycles. The lowest BCUT2D eigenvalue weighted by atomic mass is 10.4. The van der Waals surface area contributed by atoms with Gasteiger partial charge < -0.3 is 5.32 Å². The van der Waals surface area contributed by atoms with Crippen LogP contribution >= 0.6 is 23.1 Å². The van der Waals surface area contributed by atoms with Crippen LogP contribution in [0, 0.1) is 0 Å². The Labute approximate surface area is 134 Å². The van der Waals surface area contributed by atoms with E-state index in [0.717, 1.165) is 0 Å². The van der Waals surface area contributed by atoms with E-state index >= 15 is 0 Å². The van der Waals surface area contributed by atoms with Crippen molar-refractivity contribution in [3.63, 3.8) is 0 Å². The molecule has 3 rings (SSSR count). The molecule has 0 aromatic carbocycles. The average Bonchev–Trinajstić information content (AvgIpc) is 3.12. The lowest BCUT2D eigenvalue weighted by Crippen LogP contribution is -2.39. The molecule has 1 saturated heterocycles. The molecule has 2 aromatic heterocycles. The first-order valence-electron chi connectivity index (χ1n) is 6.69. The third-order valence-corrected chi connectivity index (χ3v) is 5.42. The number of hydrogen-bond donors (Lipinski definition) is 1. The number of carbonyl (C=O) groups excluding carboxylic acids is 2. The van der Waals surface area contributed by atoms with Crippen LogP contribution in [0.1, 0.15) is 6.92 Å². The summed E-state index contributed by atoms with van der Waals surface area (Å²) in [7, 11) is 1.64. The number of thioether (sulfide) groups is 1. The summed E-state index contributed by atoms with van der Waals surface area (Å²) in [4.78, 5) is 41.7. The normalized spacial score (nSPS) is 16.1. The third-order valence-electron chi connectivity index (χ3n) is 3.40. The average molecular weight is 338 g/mol. The zero-order valence-electron chi connectivity index (χ0n) is 12.0. The van der Waals surface area contributed by atoms with Gasteiger partial charge in [-0.1, -0.05) is 11.8 Å². The van der Waals surface area contributed by atoms with Gasteiger partial charge in [-0.05, 0) is 18.4 Å². The number of hydrogen-bond acceptors (Lipinski definition) is 6. The first-order chi connectivity index (χ1) is 10.5. The van der Waals surface area contributed by atoms with Crippen LogP contribution < -0.4 is 10.9 Å². The third kappa shape index (κ3) is 2.50. The summed E-state index contributed by atoms with van der Waals surface area (Å²) in [6, 6.07) is 1.42. The van der Waals surface area contributed by atoms with Crippen molar-refractivity contribution in [3.05, 3.63) is 21.8 Å². The smallest absolute Gasteiger partial charge is 0.324 e. The van der Waals surface area contributed by atoms with Gasteiger partial charge in [0.1, 0.15) is 4.70 Å². The van der Waals surface area contributed by atoms with Crippen LogP contribution in [0.3, 0.4) is 0 Å². The van der Waals surface area contributed by atoms with Crippen LogP contribution in [0.15, 0.2) is 21.4 Å². The summed E-state index contributed by atoms with van der Waals surface area (Å²) in [6.07, 6.45) is 0. The maximum Gasteiger partial charge on any atom is 0.324 e. The molecular formula is C13H14N4O3S2. The Kier molecular flexibility index (Phi) is 3.92. The number of nitrogens with one attached hydrogen (secondary N) is 1. The summed E-state index contributed by atoms with van der Waals surface area (Å²) in [5.74, 6) is -0.278. The van der Waals surface area contributed by atoms with Gasteiger partial charge in [0.15, 0.2) is 5.16 Å². The second-order valence-corrected chi connectivity index (χ2v) is 7.10. The maximum absolute atomic E-state index is 12.3. The Bertz CT molecular complexity index is 813. The molecule has 0 radical (unpaired) electrons. The fraction of sp³-hybridized carbons (Fsp3) is 0.385. The molecule has 0 aliphatic carbocycles. The van der Waals surface area contributed by atoms with E-state index < -0.39 is 5.25 Å². The molecule has 7 nitrogen and oxygen atoms in total. The monoisotopic (exact) mass is 338 g/mol. The number of fused-ring (bicyclic) bond motifs is 1. The fourth-order valence-electron chi connectivity index (χ4n) is 2.18. The van der Waals surface area contributed by atoms with Gasteiger partial charge in [-0.15, -0.1) is 11.3 Å². The molecule has 0 bridgehead atoms. The van der Waals surface area contributed by atoms with E-state index in [1.165, 1.54) is 32.6 Å². The molecule has 22 heavy (non-hydrogen) atoms. The van der Waals surface area contributed by atoms with Crippen LogP contribution in [0.25, 0.3) is 10.2 Å². The Morgan fingerprint density at radius 1 is 1.50 bits per heavy atom. The summed E-state index contributed by atoms with van der Waals surface area (Å²) in [5, 5.41) is 4.38. The van der Waals surface area contributed by atoms with Gasteiger partial charge in [-0.3, -0.25) is 19.1 Å². The summed E-state index contributed by atoms with van der Waals surface area (Å²) < 4.78 is 2.04. The van der Waals surface area contributed by atoms with Gasteiger partial charge in [-0.2, -0.15) is 0 Å². The molecule has 1 atom stereocenters. The molecule has 1 N–H and O–H groups in total. The zero-order chi connectivity index (χ0) is 15.9. The topological polar surface area (TPSA) is 84.3 Å². The Morgan fingerprint density at radius 2 is 2.27 bits per heavy atom. The highest BCUT2D eigenvalue weighted by atomic mass is 32.2. The minimum absolute atomic E-state index is 0.124. The molecule has 2 aromatic rings. The van der Waals surface area contributed by atoms with Crippen molar-refractivity contribution in [2.75, 3.05) is 13.1 Å². The largest absolute Gasteiger partial charge is 0.336 e. The highest BCUT2D eigenvalue weighted by molar-refractivity contribution is 8.00. The number of aromatic nitrogens is 2. The van der Waals surface area contributed by atoms with Crippen molar-refractivity contribution in [1.82, 2.24) is 19.8 Å². The Morgan fingerprint density at radius 3 is 2.95 bits per heavy atom. The number of carbonyl (C=O) groups is 2. The lowest BCUT2D eigenvalue weighted by Gasteiger charge is -2.17. The molecule has 0 spiro atoms. The van der Waals surface area contributed by atoms with Crippen molar-refractivity contribution in [3.8, 4) is 0 Å². The van der Waals surface area contributed by atoms with E-state index in [2.05, 4.69) is 10.3 Å². The molecule has 3 amide bonds. The standard InChI is InChI=1S/C13H14N4O3S2/c1-7(10(18)17-5-4-14-12(17)20)22-13-15-8-3-6-21-9(8)11(19)16(13)2/h3,6-7H,4-5H2,1-2H3,(H,14,20). The van der Waals surface area contributed by atoms with Gasteiger partial charge in [-0.25, -0.2) is 9.78 Å².